The lowest BCUT2D eigenvalue weighted by molar-refractivity contribution is 0.137. The van der Waals surface area contributed by atoms with Gasteiger partial charge in [0.05, 0.1) is 6.10 Å². The van der Waals surface area contributed by atoms with E-state index in [9.17, 15) is 5.11 Å². The Morgan fingerprint density at radius 3 is 2.29 bits per heavy atom. The van der Waals surface area contributed by atoms with Crippen molar-refractivity contribution in [2.24, 2.45) is 5.73 Å². The molecule has 2 atom stereocenters. The van der Waals surface area contributed by atoms with Gasteiger partial charge in [0.1, 0.15) is 0 Å². The highest BCUT2D eigenvalue weighted by Crippen LogP contribution is 2.18. The maximum Gasteiger partial charge on any atom is 0.0941 e. The molecule has 3 N–H and O–H groups in total. The summed E-state index contributed by atoms with van der Waals surface area (Å²) in [5.74, 6) is 0. The van der Waals surface area contributed by atoms with Crippen molar-refractivity contribution in [1.29, 1.82) is 0 Å². The molecule has 0 aliphatic heterocycles. The lowest BCUT2D eigenvalue weighted by Gasteiger charge is -2.21. The molecule has 0 heterocycles. The fourth-order valence-electron chi connectivity index (χ4n) is 1.76. The van der Waals surface area contributed by atoms with Crippen LogP contribution in [0.2, 0.25) is 0 Å². The Morgan fingerprint density at radius 2 is 1.82 bits per heavy atom. The van der Waals surface area contributed by atoms with E-state index >= 15 is 0 Å². The van der Waals surface area contributed by atoms with E-state index in [0.717, 1.165) is 24.9 Å². The molecule has 0 bridgehead atoms. The Labute approximate surface area is 104 Å². The van der Waals surface area contributed by atoms with Gasteiger partial charge in [-0.2, -0.15) is 0 Å². The van der Waals surface area contributed by atoms with Crippen molar-refractivity contribution in [2.45, 2.75) is 31.9 Å². The Hall–Kier alpha value is -0.900. The van der Waals surface area contributed by atoms with Crippen LogP contribution in [0.15, 0.2) is 24.3 Å². The molecule has 0 aromatic heterocycles. The van der Waals surface area contributed by atoms with E-state index in [-0.39, 0.29) is 6.04 Å². The summed E-state index contributed by atoms with van der Waals surface area (Å²) in [4.78, 5) is 2.08. The van der Waals surface area contributed by atoms with Crippen LogP contribution in [0.3, 0.4) is 0 Å². The average molecular weight is 236 g/mol. The monoisotopic (exact) mass is 236 g/mol. The molecule has 0 amide bonds. The number of aliphatic hydroxyl groups excluding tert-OH is 1. The minimum Gasteiger partial charge on any atom is -0.387 e. The molecule has 0 fully saturated rings. The van der Waals surface area contributed by atoms with Crippen LogP contribution >= 0.6 is 0 Å². The molecule has 2 unspecified atom stereocenters. The topological polar surface area (TPSA) is 49.5 Å². The summed E-state index contributed by atoms with van der Waals surface area (Å²) in [6.45, 7) is 3.01. The van der Waals surface area contributed by atoms with Crippen molar-refractivity contribution in [3.63, 3.8) is 0 Å². The summed E-state index contributed by atoms with van der Waals surface area (Å²) in [7, 11) is 4.02. The molecule has 0 radical (unpaired) electrons. The average Bonchev–Trinajstić information content (AvgIpc) is 2.35. The van der Waals surface area contributed by atoms with Gasteiger partial charge in [0.2, 0.25) is 0 Å². The molecule has 0 aliphatic rings. The summed E-state index contributed by atoms with van der Waals surface area (Å²) in [5.41, 5.74) is 8.18. The van der Waals surface area contributed by atoms with E-state index < -0.39 is 6.10 Å². The van der Waals surface area contributed by atoms with E-state index in [4.69, 9.17) is 5.73 Å². The van der Waals surface area contributed by atoms with Gasteiger partial charge in [-0.25, -0.2) is 0 Å². The molecule has 1 rings (SSSR count). The van der Waals surface area contributed by atoms with Crippen molar-refractivity contribution in [1.82, 2.24) is 4.90 Å². The maximum atomic E-state index is 10.1. The highest BCUT2D eigenvalue weighted by molar-refractivity contribution is 5.24. The lowest BCUT2D eigenvalue weighted by Crippen LogP contribution is -2.32. The predicted molar refractivity (Wildman–Crippen MR) is 71.9 cm³/mol. The Kier molecular flexibility index (Phi) is 5.62. The van der Waals surface area contributed by atoms with Gasteiger partial charge in [-0.15, -0.1) is 0 Å². The molecule has 0 saturated carbocycles. The predicted octanol–water partition coefficient (Wildman–Crippen LogP) is 1.56. The first-order valence-electron chi connectivity index (χ1n) is 6.21. The van der Waals surface area contributed by atoms with Gasteiger partial charge in [-0.05, 0) is 44.6 Å². The van der Waals surface area contributed by atoms with Crippen molar-refractivity contribution >= 4 is 0 Å². The third kappa shape index (κ3) is 4.46. The van der Waals surface area contributed by atoms with Crippen molar-refractivity contribution in [2.75, 3.05) is 20.6 Å². The molecule has 1 aromatic carbocycles. The zero-order valence-corrected chi connectivity index (χ0v) is 11.1. The number of hydrogen-bond acceptors (Lipinski definition) is 3. The number of rotatable bonds is 6. The van der Waals surface area contributed by atoms with Gasteiger partial charge in [0.15, 0.2) is 0 Å². The molecule has 0 spiro atoms. The summed E-state index contributed by atoms with van der Waals surface area (Å²) >= 11 is 0. The molecule has 0 saturated heterocycles. The fourth-order valence-corrected chi connectivity index (χ4v) is 1.76. The quantitative estimate of drug-likeness (QED) is 0.788. The number of nitrogens with zero attached hydrogens (tertiary/aromatic N) is 1. The molecule has 17 heavy (non-hydrogen) atoms. The van der Waals surface area contributed by atoms with Gasteiger partial charge in [-0.3, -0.25) is 0 Å². The standard InChI is InChI=1S/C14H24N2O/c1-4-11-5-7-12(8-6-11)14(17)13(15)9-10-16(2)3/h5-8,13-14,17H,4,9-10,15H2,1-3H3. The smallest absolute Gasteiger partial charge is 0.0941 e. The second-order valence-corrected chi connectivity index (χ2v) is 4.80. The highest BCUT2D eigenvalue weighted by atomic mass is 16.3. The molecular weight excluding hydrogens is 212 g/mol. The molecule has 1 aromatic rings. The van der Waals surface area contributed by atoms with Crippen LogP contribution in [0.1, 0.15) is 30.6 Å². The molecule has 3 heteroatoms. The van der Waals surface area contributed by atoms with E-state index in [0.29, 0.717) is 0 Å². The third-order valence-electron chi connectivity index (χ3n) is 3.04. The number of aryl methyl sites for hydroxylation is 1. The number of benzene rings is 1. The zero-order valence-electron chi connectivity index (χ0n) is 11.1. The van der Waals surface area contributed by atoms with Gasteiger partial charge >= 0.3 is 0 Å². The minimum absolute atomic E-state index is 0.204. The van der Waals surface area contributed by atoms with Crippen molar-refractivity contribution in [3.05, 3.63) is 35.4 Å². The van der Waals surface area contributed by atoms with Crippen molar-refractivity contribution < 1.29 is 5.11 Å². The Morgan fingerprint density at radius 1 is 1.24 bits per heavy atom. The van der Waals surface area contributed by atoms with Crippen LogP contribution in [0.25, 0.3) is 0 Å². The fraction of sp³-hybridized carbons (Fsp3) is 0.571. The second kappa shape index (κ2) is 6.74. The summed E-state index contributed by atoms with van der Waals surface area (Å²) in [6, 6.07) is 7.84. The Balaban J connectivity index is 2.58. The van der Waals surface area contributed by atoms with Crippen LogP contribution in [-0.2, 0) is 6.42 Å². The zero-order chi connectivity index (χ0) is 12.8. The van der Waals surface area contributed by atoms with Crippen LogP contribution in [0.4, 0.5) is 0 Å². The molecule has 0 aliphatic carbocycles. The first-order valence-corrected chi connectivity index (χ1v) is 6.21. The largest absolute Gasteiger partial charge is 0.387 e. The van der Waals surface area contributed by atoms with Crippen LogP contribution in [0.5, 0.6) is 0 Å². The first-order chi connectivity index (χ1) is 8.04. The third-order valence-corrected chi connectivity index (χ3v) is 3.04. The van der Waals surface area contributed by atoms with E-state index in [2.05, 4.69) is 24.0 Å². The first kappa shape index (κ1) is 14.2. The second-order valence-electron chi connectivity index (χ2n) is 4.80. The van der Waals surface area contributed by atoms with E-state index in [1.807, 2.05) is 26.2 Å². The van der Waals surface area contributed by atoms with E-state index in [1.165, 1.54) is 5.56 Å². The van der Waals surface area contributed by atoms with Crippen LogP contribution in [0, 0.1) is 0 Å². The lowest BCUT2D eigenvalue weighted by atomic mass is 9.99. The Bertz CT molecular complexity index is 321. The molecule has 3 nitrogen and oxygen atoms in total. The minimum atomic E-state index is -0.569. The molecule has 96 valence electrons. The normalized spacial score (nSPS) is 14.9. The SMILES string of the molecule is CCc1ccc(C(O)C(N)CCN(C)C)cc1. The van der Waals surface area contributed by atoms with Crippen molar-refractivity contribution in [3.8, 4) is 0 Å². The van der Waals surface area contributed by atoms with Gasteiger partial charge < -0.3 is 15.7 Å². The maximum absolute atomic E-state index is 10.1. The highest BCUT2D eigenvalue weighted by Gasteiger charge is 2.16. The van der Waals surface area contributed by atoms with Crippen LogP contribution < -0.4 is 5.73 Å². The van der Waals surface area contributed by atoms with E-state index in [1.54, 1.807) is 0 Å². The number of hydrogen-bond donors (Lipinski definition) is 2. The van der Waals surface area contributed by atoms with Crippen LogP contribution in [-0.4, -0.2) is 36.7 Å². The summed E-state index contributed by atoms with van der Waals surface area (Å²) in [5, 5.41) is 10.1. The van der Waals surface area contributed by atoms with Gasteiger partial charge in [0.25, 0.3) is 0 Å². The number of nitrogens with two attached hydrogens (primary N) is 1. The summed E-state index contributed by atoms with van der Waals surface area (Å²) < 4.78 is 0. The number of aliphatic hydroxyl groups is 1. The molecular formula is C14H24N2O. The summed E-state index contributed by atoms with van der Waals surface area (Å²) in [6.07, 6.45) is 1.24. The van der Waals surface area contributed by atoms with Gasteiger partial charge in [-0.1, -0.05) is 31.2 Å². The van der Waals surface area contributed by atoms with Gasteiger partial charge in [0, 0.05) is 6.04 Å².